The Morgan fingerprint density at radius 1 is 1.20 bits per heavy atom. The molecule has 0 amide bonds. The van der Waals surface area contributed by atoms with E-state index >= 15 is 0 Å². The second-order valence-corrected chi connectivity index (χ2v) is 5.88. The highest BCUT2D eigenvalue weighted by molar-refractivity contribution is 7.98. The summed E-state index contributed by atoms with van der Waals surface area (Å²) >= 11 is 2.25. The molecule has 6 heteroatoms. The number of halogens is 2. The van der Waals surface area contributed by atoms with Gasteiger partial charge in [0, 0.05) is 10.6 Å². The van der Waals surface area contributed by atoms with Crippen molar-refractivity contribution in [3.05, 3.63) is 47.9 Å². The fraction of sp³-hybridized carbons (Fsp3) is 0.286. The van der Waals surface area contributed by atoms with E-state index in [4.69, 9.17) is 4.42 Å². The molecule has 1 N–H and O–H groups in total. The maximum Gasteiger partial charge on any atom is 0.284 e. The molecule has 0 aliphatic heterocycles. The van der Waals surface area contributed by atoms with E-state index in [1.165, 1.54) is 4.90 Å². The number of furan rings is 1. The van der Waals surface area contributed by atoms with E-state index in [1.807, 2.05) is 30.5 Å². The predicted molar refractivity (Wildman–Crippen MR) is 81.6 cm³/mol. The van der Waals surface area contributed by atoms with Gasteiger partial charge >= 0.3 is 0 Å². The fourth-order valence-electron chi connectivity index (χ4n) is 1.66. The highest BCUT2D eigenvalue weighted by Crippen LogP contribution is 2.22. The number of rotatable bonds is 7. The monoisotopic (exact) mass is 315 g/mol. The van der Waals surface area contributed by atoms with Crippen molar-refractivity contribution in [3.63, 3.8) is 0 Å². The third kappa shape index (κ3) is 4.76. The molecule has 1 aromatic carbocycles. The van der Waals surface area contributed by atoms with Crippen molar-refractivity contribution in [2.45, 2.75) is 23.0 Å². The zero-order chi connectivity index (χ0) is 14.4. The van der Waals surface area contributed by atoms with Gasteiger partial charge in [0.15, 0.2) is 0 Å². The molecule has 0 fully saturated rings. The van der Waals surface area contributed by atoms with E-state index in [9.17, 15) is 8.78 Å². The molecule has 0 spiro atoms. The Morgan fingerprint density at radius 2 is 2.00 bits per heavy atom. The van der Waals surface area contributed by atoms with Gasteiger partial charge in [-0.15, -0.1) is 11.8 Å². The van der Waals surface area contributed by atoms with Gasteiger partial charge in [-0.25, -0.2) is 0 Å². The Kier molecular flexibility index (Phi) is 5.79. The van der Waals surface area contributed by atoms with Gasteiger partial charge in [0.2, 0.25) is 0 Å². The first-order chi connectivity index (χ1) is 9.67. The van der Waals surface area contributed by atoms with Crippen LogP contribution in [0.15, 0.2) is 45.7 Å². The molecule has 0 atom stereocenters. The summed E-state index contributed by atoms with van der Waals surface area (Å²) in [6.45, 7) is 0.539. The van der Waals surface area contributed by atoms with Crippen LogP contribution in [0.3, 0.4) is 0 Å². The van der Waals surface area contributed by atoms with Crippen LogP contribution in [0.1, 0.15) is 11.5 Å². The van der Waals surface area contributed by atoms with Crippen LogP contribution in [0, 0.1) is 0 Å². The summed E-state index contributed by atoms with van der Waals surface area (Å²) in [5.41, 5.74) is 1.01. The number of benzene rings is 1. The van der Waals surface area contributed by atoms with Crippen LogP contribution >= 0.6 is 23.5 Å². The van der Waals surface area contributed by atoms with Gasteiger partial charge in [-0.1, -0.05) is 17.8 Å². The number of thioether (sulfide) groups is 2. The molecule has 0 unspecified atom stereocenters. The van der Waals surface area contributed by atoms with Crippen LogP contribution in [0.5, 0.6) is 0 Å². The molecule has 0 saturated heterocycles. The van der Waals surface area contributed by atoms with Crippen LogP contribution in [-0.4, -0.2) is 12.0 Å². The van der Waals surface area contributed by atoms with E-state index in [0.29, 0.717) is 24.1 Å². The second-order valence-electron chi connectivity index (χ2n) is 4.03. The summed E-state index contributed by atoms with van der Waals surface area (Å²) in [6, 6.07) is 11.6. The first-order valence-corrected chi connectivity index (χ1v) is 8.30. The number of alkyl halides is 2. The molecule has 20 heavy (non-hydrogen) atoms. The first kappa shape index (κ1) is 15.3. The molecule has 0 bridgehead atoms. The topological polar surface area (TPSA) is 25.2 Å². The third-order valence-corrected chi connectivity index (χ3v) is 4.03. The smallest absolute Gasteiger partial charge is 0.284 e. The summed E-state index contributed by atoms with van der Waals surface area (Å²) in [5.74, 6) is -0.857. The number of hydrogen-bond donors (Lipinski definition) is 1. The Bertz CT molecular complexity index is 545. The zero-order valence-electron chi connectivity index (χ0n) is 10.9. The standard InChI is InChI=1S/C14H15F2NOS2/c1-19-13-4-2-3-10(7-13)17-8-11-5-6-12(18-11)9-20-14(15)16/h2-7,14,17H,8-9H2,1H3. The molecule has 0 aliphatic carbocycles. The lowest BCUT2D eigenvalue weighted by Crippen LogP contribution is -1.97. The summed E-state index contributed by atoms with van der Waals surface area (Å²) in [6.07, 6.45) is 2.03. The van der Waals surface area contributed by atoms with E-state index in [1.54, 1.807) is 17.8 Å². The van der Waals surface area contributed by atoms with Crippen molar-refractivity contribution in [2.24, 2.45) is 0 Å². The highest BCUT2D eigenvalue weighted by Gasteiger charge is 2.07. The van der Waals surface area contributed by atoms with Gasteiger partial charge in [0.05, 0.1) is 12.3 Å². The second kappa shape index (κ2) is 7.59. The molecule has 2 rings (SSSR count). The van der Waals surface area contributed by atoms with Crippen LogP contribution in [-0.2, 0) is 12.3 Å². The van der Waals surface area contributed by atoms with Crippen molar-refractivity contribution in [2.75, 3.05) is 11.6 Å². The van der Waals surface area contributed by atoms with Crippen molar-refractivity contribution >= 4 is 29.2 Å². The molecular formula is C14H15F2NOS2. The summed E-state index contributed by atoms with van der Waals surface area (Å²) in [4.78, 5) is 1.18. The van der Waals surface area contributed by atoms with Gasteiger partial charge in [-0.3, -0.25) is 0 Å². The normalized spacial score (nSPS) is 11.0. The van der Waals surface area contributed by atoms with Crippen molar-refractivity contribution in [1.82, 2.24) is 0 Å². The lowest BCUT2D eigenvalue weighted by Gasteiger charge is -2.05. The largest absolute Gasteiger partial charge is 0.463 e. The summed E-state index contributed by atoms with van der Waals surface area (Å²) in [7, 11) is 0. The molecule has 1 aromatic heterocycles. The van der Waals surface area contributed by atoms with Crippen molar-refractivity contribution in [3.8, 4) is 0 Å². The number of hydrogen-bond acceptors (Lipinski definition) is 4. The fourth-order valence-corrected chi connectivity index (χ4v) is 2.57. The van der Waals surface area contributed by atoms with Crippen molar-refractivity contribution < 1.29 is 13.2 Å². The molecule has 2 aromatic rings. The van der Waals surface area contributed by atoms with Crippen LogP contribution in [0.25, 0.3) is 0 Å². The van der Waals surface area contributed by atoms with Crippen LogP contribution in [0.2, 0.25) is 0 Å². The van der Waals surface area contributed by atoms with Gasteiger partial charge < -0.3 is 9.73 Å². The molecule has 0 saturated carbocycles. The first-order valence-electron chi connectivity index (χ1n) is 6.02. The van der Waals surface area contributed by atoms with Crippen LogP contribution in [0.4, 0.5) is 14.5 Å². The van der Waals surface area contributed by atoms with E-state index in [0.717, 1.165) is 11.4 Å². The maximum atomic E-state index is 12.1. The lowest BCUT2D eigenvalue weighted by molar-refractivity contribution is 0.251. The number of nitrogens with one attached hydrogen (secondary N) is 1. The Balaban J connectivity index is 1.87. The van der Waals surface area contributed by atoms with Crippen molar-refractivity contribution in [1.29, 1.82) is 0 Å². The van der Waals surface area contributed by atoms with Gasteiger partial charge in [-0.2, -0.15) is 8.78 Å². The van der Waals surface area contributed by atoms with Crippen LogP contribution < -0.4 is 5.32 Å². The third-order valence-electron chi connectivity index (χ3n) is 2.61. The van der Waals surface area contributed by atoms with Gasteiger partial charge in [0.1, 0.15) is 11.5 Å². The average Bonchev–Trinajstić information content (AvgIpc) is 2.91. The van der Waals surface area contributed by atoms with Gasteiger partial charge in [-0.05, 0) is 36.6 Å². The quantitative estimate of drug-likeness (QED) is 0.721. The summed E-state index contributed by atoms with van der Waals surface area (Å²) < 4.78 is 29.6. The molecule has 2 nitrogen and oxygen atoms in total. The van der Waals surface area contributed by atoms with E-state index < -0.39 is 5.76 Å². The Morgan fingerprint density at radius 3 is 2.75 bits per heavy atom. The molecular weight excluding hydrogens is 300 g/mol. The average molecular weight is 315 g/mol. The van der Waals surface area contributed by atoms with E-state index in [-0.39, 0.29) is 5.75 Å². The molecule has 0 aliphatic rings. The lowest BCUT2D eigenvalue weighted by atomic mass is 10.3. The molecule has 0 radical (unpaired) electrons. The summed E-state index contributed by atoms with van der Waals surface area (Å²) in [5, 5.41) is 3.25. The zero-order valence-corrected chi connectivity index (χ0v) is 12.6. The van der Waals surface area contributed by atoms with Gasteiger partial charge in [0.25, 0.3) is 5.76 Å². The minimum Gasteiger partial charge on any atom is -0.463 e. The SMILES string of the molecule is CSc1cccc(NCc2ccc(CSC(F)F)o2)c1. The Labute approximate surface area is 125 Å². The van der Waals surface area contributed by atoms with E-state index in [2.05, 4.69) is 11.4 Å². The minimum atomic E-state index is -2.36. The maximum absolute atomic E-state index is 12.1. The Hall–Kier alpha value is -1.14. The molecule has 108 valence electrons. The highest BCUT2D eigenvalue weighted by atomic mass is 32.2. The molecule has 1 heterocycles. The predicted octanol–water partition coefficient (Wildman–Crippen LogP) is 5.07. The minimum absolute atomic E-state index is 0.194. The number of anilines is 1.